The maximum Gasteiger partial charge on any atom is 0.252 e. The van der Waals surface area contributed by atoms with Gasteiger partial charge < -0.3 is 14.4 Å². The van der Waals surface area contributed by atoms with E-state index in [1.165, 1.54) is 94.8 Å². The minimum Gasteiger partial charge on any atom is -0.311 e. The molecular formula is C56H52BN3. The van der Waals surface area contributed by atoms with Crippen LogP contribution in [0.25, 0.3) is 27.8 Å². The zero-order valence-corrected chi connectivity index (χ0v) is 36.4. The van der Waals surface area contributed by atoms with Crippen LogP contribution in [0.4, 0.5) is 34.1 Å². The van der Waals surface area contributed by atoms with Gasteiger partial charge >= 0.3 is 0 Å². The lowest BCUT2D eigenvalue weighted by Crippen LogP contribution is -2.60. The van der Waals surface area contributed by atoms with Crippen LogP contribution in [-0.4, -0.2) is 11.3 Å². The van der Waals surface area contributed by atoms with Gasteiger partial charge in [-0.05, 0) is 123 Å². The second kappa shape index (κ2) is 12.6. The van der Waals surface area contributed by atoms with Gasteiger partial charge in [0.05, 0.1) is 16.9 Å². The van der Waals surface area contributed by atoms with Crippen LogP contribution in [0.2, 0.25) is 0 Å². The summed E-state index contributed by atoms with van der Waals surface area (Å²) in [6.45, 7) is 21.2. The first-order valence-electron chi connectivity index (χ1n) is 21.7. The highest BCUT2D eigenvalue weighted by molar-refractivity contribution is 7.00. The Hall–Kier alpha value is -6.26. The van der Waals surface area contributed by atoms with Gasteiger partial charge in [-0.1, -0.05) is 146 Å². The van der Waals surface area contributed by atoms with Crippen molar-refractivity contribution >= 4 is 68.1 Å². The van der Waals surface area contributed by atoms with Crippen molar-refractivity contribution in [3.8, 4) is 16.9 Å². The second-order valence-corrected chi connectivity index (χ2v) is 19.9. The fourth-order valence-corrected chi connectivity index (χ4v) is 10.8. The minimum absolute atomic E-state index is 0.0119. The summed E-state index contributed by atoms with van der Waals surface area (Å²) in [5, 5.41) is 1.33. The maximum atomic E-state index is 2.69. The van der Waals surface area contributed by atoms with Crippen molar-refractivity contribution in [2.45, 2.75) is 78.6 Å². The first-order valence-corrected chi connectivity index (χ1v) is 21.7. The third-order valence-electron chi connectivity index (χ3n) is 13.7. The molecule has 0 spiro atoms. The summed E-state index contributed by atoms with van der Waals surface area (Å²) in [6.07, 6.45) is 0. The standard InChI is InChI=1S/C56H52BN3/c1-35-31-47-51-48(32-35)60-52-41-25-16-17-26-42(41)56(8,9)50(52)49-45(58(38-20-12-10-13-21-38)39-22-14-11-15-23-39)30-29-44(53(49)60)57(51)43-28-27-37(55(5,6)7)34-46(43)59(47)40-24-18-19-36(33-40)54(2,3)4/h10-34H,1-9H3. The quantitative estimate of drug-likeness (QED) is 0.165. The summed E-state index contributed by atoms with van der Waals surface area (Å²) in [5.74, 6) is 0. The normalized spacial score (nSPS) is 14.5. The summed E-state index contributed by atoms with van der Waals surface area (Å²) < 4.78 is 2.69. The molecule has 3 aliphatic rings. The predicted octanol–water partition coefficient (Wildman–Crippen LogP) is 12.9. The Kier molecular flexibility index (Phi) is 7.75. The molecule has 0 N–H and O–H groups in total. The van der Waals surface area contributed by atoms with E-state index < -0.39 is 0 Å². The molecule has 11 rings (SSSR count). The number of para-hydroxylation sites is 2. The fraction of sp³-hybridized carbons (Fsp3) is 0.214. The molecule has 2 aliphatic heterocycles. The van der Waals surface area contributed by atoms with E-state index in [0.717, 1.165) is 11.4 Å². The molecule has 8 aromatic rings. The van der Waals surface area contributed by atoms with E-state index in [1.807, 2.05) is 0 Å². The van der Waals surface area contributed by atoms with Gasteiger partial charge in [0, 0.05) is 50.5 Å². The number of aromatic nitrogens is 1. The van der Waals surface area contributed by atoms with Gasteiger partial charge in [-0.2, -0.15) is 0 Å². The fourth-order valence-electron chi connectivity index (χ4n) is 10.8. The van der Waals surface area contributed by atoms with Gasteiger partial charge in [0.2, 0.25) is 0 Å². The lowest BCUT2D eigenvalue weighted by Gasteiger charge is -2.42. The lowest BCUT2D eigenvalue weighted by molar-refractivity contribution is 0.590. The van der Waals surface area contributed by atoms with Crippen LogP contribution >= 0.6 is 0 Å². The number of hydrogen-bond acceptors (Lipinski definition) is 2. The molecule has 0 atom stereocenters. The molecule has 3 nitrogen and oxygen atoms in total. The minimum atomic E-state index is -0.242. The van der Waals surface area contributed by atoms with Crippen LogP contribution in [0.1, 0.15) is 83.2 Å². The first kappa shape index (κ1) is 36.8. The summed E-state index contributed by atoms with van der Waals surface area (Å²) in [6, 6.07) is 57.4. The Bertz CT molecular complexity index is 3010. The van der Waals surface area contributed by atoms with Gasteiger partial charge in [-0.25, -0.2) is 0 Å². The van der Waals surface area contributed by atoms with Crippen molar-refractivity contribution in [2.24, 2.45) is 0 Å². The summed E-state index contributed by atoms with van der Waals surface area (Å²) >= 11 is 0. The first-order chi connectivity index (χ1) is 28.7. The van der Waals surface area contributed by atoms with Gasteiger partial charge in [0.1, 0.15) is 0 Å². The van der Waals surface area contributed by atoms with E-state index in [1.54, 1.807) is 0 Å². The van der Waals surface area contributed by atoms with E-state index in [-0.39, 0.29) is 23.0 Å². The number of benzene rings is 7. The second-order valence-electron chi connectivity index (χ2n) is 19.9. The zero-order chi connectivity index (χ0) is 41.5. The lowest BCUT2D eigenvalue weighted by atomic mass is 9.33. The summed E-state index contributed by atoms with van der Waals surface area (Å²) in [5.41, 5.74) is 23.1. The summed E-state index contributed by atoms with van der Waals surface area (Å²) in [7, 11) is 0. The molecule has 0 radical (unpaired) electrons. The van der Waals surface area contributed by atoms with E-state index >= 15 is 0 Å². The monoisotopic (exact) mass is 777 g/mol. The molecular weight excluding hydrogens is 725 g/mol. The average Bonchev–Trinajstić information content (AvgIpc) is 3.71. The number of fused-ring (bicyclic) bond motifs is 9. The van der Waals surface area contributed by atoms with Crippen molar-refractivity contribution in [1.29, 1.82) is 0 Å². The van der Waals surface area contributed by atoms with E-state index in [0.29, 0.717) is 0 Å². The van der Waals surface area contributed by atoms with Crippen molar-refractivity contribution in [3.63, 3.8) is 0 Å². The number of aryl methyl sites for hydroxylation is 1. The Morgan fingerprint density at radius 3 is 1.87 bits per heavy atom. The highest BCUT2D eigenvalue weighted by Gasteiger charge is 2.48. The van der Waals surface area contributed by atoms with Crippen LogP contribution in [0.5, 0.6) is 0 Å². The molecule has 4 heteroatoms. The highest BCUT2D eigenvalue weighted by atomic mass is 15.2. The number of hydrogen-bond donors (Lipinski definition) is 0. The molecule has 0 bridgehead atoms. The van der Waals surface area contributed by atoms with E-state index in [2.05, 4.69) is 228 Å². The van der Waals surface area contributed by atoms with E-state index in [9.17, 15) is 0 Å². The number of nitrogens with zero attached hydrogens (tertiary/aromatic N) is 3. The molecule has 7 aromatic carbocycles. The molecule has 0 amide bonds. The van der Waals surface area contributed by atoms with Crippen LogP contribution in [0.15, 0.2) is 152 Å². The molecule has 1 aromatic heterocycles. The topological polar surface area (TPSA) is 11.4 Å². The van der Waals surface area contributed by atoms with Crippen molar-refractivity contribution < 1.29 is 0 Å². The van der Waals surface area contributed by atoms with Crippen molar-refractivity contribution in [2.75, 3.05) is 9.80 Å². The molecule has 3 heterocycles. The van der Waals surface area contributed by atoms with Gasteiger partial charge in [0.15, 0.2) is 0 Å². The third-order valence-corrected chi connectivity index (χ3v) is 13.7. The molecule has 60 heavy (non-hydrogen) atoms. The van der Waals surface area contributed by atoms with E-state index in [4.69, 9.17) is 0 Å². The molecule has 1 aliphatic carbocycles. The van der Waals surface area contributed by atoms with Gasteiger partial charge in [0.25, 0.3) is 6.71 Å². The SMILES string of the molecule is Cc1cc2c3c(c1)-n1c4c(c5c(N(c6ccccc6)c6ccccc6)ccc(c51)B3c1ccc(C(C)(C)C)cc1N2c1cccc(C(C)(C)C)c1)C(C)(C)c1ccccc1-4. The largest absolute Gasteiger partial charge is 0.311 e. The van der Waals surface area contributed by atoms with Crippen molar-refractivity contribution in [1.82, 2.24) is 4.57 Å². The zero-order valence-electron chi connectivity index (χ0n) is 36.4. The maximum absolute atomic E-state index is 2.69. The molecule has 0 fully saturated rings. The summed E-state index contributed by atoms with van der Waals surface area (Å²) in [4.78, 5) is 5.07. The van der Waals surface area contributed by atoms with Crippen LogP contribution in [-0.2, 0) is 16.2 Å². The Labute approximate surface area is 356 Å². The number of anilines is 6. The Balaban J connectivity index is 1.30. The van der Waals surface area contributed by atoms with Gasteiger partial charge in [-0.15, -0.1) is 0 Å². The van der Waals surface area contributed by atoms with Crippen LogP contribution < -0.4 is 26.2 Å². The Morgan fingerprint density at radius 1 is 0.567 bits per heavy atom. The van der Waals surface area contributed by atoms with Crippen molar-refractivity contribution in [3.05, 3.63) is 179 Å². The van der Waals surface area contributed by atoms with Gasteiger partial charge in [-0.3, -0.25) is 0 Å². The molecule has 294 valence electrons. The van der Waals surface area contributed by atoms with Crippen LogP contribution in [0.3, 0.4) is 0 Å². The van der Waals surface area contributed by atoms with Crippen LogP contribution in [0, 0.1) is 6.92 Å². The Morgan fingerprint density at radius 2 is 1.18 bits per heavy atom. The molecule has 0 saturated heterocycles. The molecule has 0 saturated carbocycles. The number of rotatable bonds is 4. The average molecular weight is 778 g/mol. The highest BCUT2D eigenvalue weighted by Crippen LogP contribution is 2.57. The predicted molar refractivity (Wildman–Crippen MR) is 257 cm³/mol. The molecule has 0 unspecified atom stereocenters. The smallest absolute Gasteiger partial charge is 0.252 e. The third kappa shape index (κ3) is 5.16.